The molecular formula is C78H145NO18. The van der Waals surface area contributed by atoms with E-state index in [-0.39, 0.29) is 18.9 Å². The van der Waals surface area contributed by atoms with E-state index in [0.29, 0.717) is 12.8 Å². The van der Waals surface area contributed by atoms with Gasteiger partial charge in [0.15, 0.2) is 18.9 Å². The highest BCUT2D eigenvalue weighted by Crippen LogP contribution is 2.33. The van der Waals surface area contributed by atoms with Gasteiger partial charge in [0.2, 0.25) is 5.91 Å². The summed E-state index contributed by atoms with van der Waals surface area (Å²) >= 11 is 0. The molecule has 97 heavy (non-hydrogen) atoms. The van der Waals surface area contributed by atoms with Gasteiger partial charge in [0.1, 0.15) is 73.2 Å². The molecule has 17 atom stereocenters. The van der Waals surface area contributed by atoms with E-state index in [1.807, 2.05) is 6.08 Å². The van der Waals surface area contributed by atoms with Crippen molar-refractivity contribution in [3.8, 4) is 0 Å². The molecule has 19 heteroatoms. The van der Waals surface area contributed by atoms with Crippen molar-refractivity contribution in [2.24, 2.45) is 0 Å². The third-order valence-corrected chi connectivity index (χ3v) is 19.9. The summed E-state index contributed by atoms with van der Waals surface area (Å²) in [4.78, 5) is 13.5. The Kier molecular flexibility index (Phi) is 54.6. The Morgan fingerprint density at radius 1 is 0.361 bits per heavy atom. The number of amides is 1. The molecule has 0 aromatic carbocycles. The summed E-state index contributed by atoms with van der Waals surface area (Å²) in [5, 5.41) is 121. The van der Waals surface area contributed by atoms with Crippen LogP contribution in [0.5, 0.6) is 0 Å². The highest BCUT2D eigenvalue weighted by atomic mass is 16.8. The molecule has 3 aliphatic rings. The molecule has 0 aromatic heterocycles. The maximum Gasteiger partial charge on any atom is 0.220 e. The van der Waals surface area contributed by atoms with Crippen molar-refractivity contribution in [1.82, 2.24) is 5.32 Å². The first kappa shape index (κ1) is 89.2. The summed E-state index contributed by atoms with van der Waals surface area (Å²) < 4.78 is 34.4. The standard InChI is InChI=1S/C78H145NO18/c1-3-5-7-9-11-13-15-17-19-21-23-25-26-27-28-29-30-31-32-33-34-35-36-38-40-42-44-46-48-50-52-54-56-66(84)79-61(62(83)55-53-51-49-47-45-43-41-39-37-24-22-20-18-16-14-12-10-8-6-4-2)60-92-76-72(90)69(87)74(64(58-81)94-76)97-78-73(91)70(88)75(65(59-82)95-78)96-77-71(89)68(86)67(85)63(57-80)93-77/h37,39,45,47,53,55,61-65,67-78,80-83,85-91H,3-36,38,40-44,46,48-52,54,56-60H2,1-2H3,(H,79,84)/b39-37+,47-45+,55-53+. The number of hydrogen-bond donors (Lipinski definition) is 12. The summed E-state index contributed by atoms with van der Waals surface area (Å²) in [6.45, 7) is 1.75. The van der Waals surface area contributed by atoms with Gasteiger partial charge in [-0.1, -0.05) is 307 Å². The van der Waals surface area contributed by atoms with Crippen molar-refractivity contribution in [2.45, 2.75) is 426 Å². The van der Waals surface area contributed by atoms with Gasteiger partial charge in [-0.05, 0) is 44.9 Å². The lowest BCUT2D eigenvalue weighted by Gasteiger charge is -2.48. The highest BCUT2D eigenvalue weighted by Gasteiger charge is 2.53. The minimum absolute atomic E-state index is 0.236. The number of aliphatic hydroxyl groups excluding tert-OH is 11. The third-order valence-electron chi connectivity index (χ3n) is 19.9. The molecule has 570 valence electrons. The molecule has 0 saturated carbocycles. The SMILES string of the molecule is CCCCCCCCCCCC/C=C/CC/C=C/CC/C=C/C(O)C(COC1OC(CO)C(OC2OC(CO)C(OC3OC(CO)C(O)C(O)C3O)C(O)C2O)C(O)C1O)NC(=O)CCCCCCCCCCCCCCCCCCCCCCCCCCCCCCCCCC. The second kappa shape index (κ2) is 59.4. The molecule has 0 aliphatic carbocycles. The highest BCUT2D eigenvalue weighted by molar-refractivity contribution is 5.76. The van der Waals surface area contributed by atoms with Gasteiger partial charge in [0, 0.05) is 6.42 Å². The molecule has 3 heterocycles. The number of nitrogens with one attached hydrogen (secondary N) is 1. The number of unbranched alkanes of at least 4 members (excludes halogenated alkanes) is 43. The first-order chi connectivity index (χ1) is 47.3. The number of hydrogen-bond acceptors (Lipinski definition) is 18. The van der Waals surface area contributed by atoms with Crippen LogP contribution in [0.1, 0.15) is 322 Å². The first-order valence-electron chi connectivity index (χ1n) is 39.7. The van der Waals surface area contributed by atoms with E-state index in [4.69, 9.17) is 28.4 Å². The molecule has 0 bridgehead atoms. The number of ether oxygens (including phenoxy) is 6. The van der Waals surface area contributed by atoms with Crippen LogP contribution in [0.2, 0.25) is 0 Å². The zero-order valence-corrected chi connectivity index (χ0v) is 60.8. The fraction of sp³-hybridized carbons (Fsp3) is 0.910. The molecular weight excluding hydrogens is 1240 g/mol. The predicted molar refractivity (Wildman–Crippen MR) is 383 cm³/mol. The number of allylic oxidation sites excluding steroid dienone is 5. The van der Waals surface area contributed by atoms with Gasteiger partial charge < -0.3 is 89.9 Å². The molecule has 0 aromatic rings. The van der Waals surface area contributed by atoms with Crippen LogP contribution >= 0.6 is 0 Å². The van der Waals surface area contributed by atoms with Gasteiger partial charge in [-0.2, -0.15) is 0 Å². The molecule has 19 nitrogen and oxygen atoms in total. The van der Waals surface area contributed by atoms with Gasteiger partial charge >= 0.3 is 0 Å². The Hall–Kier alpha value is -1.99. The number of rotatable bonds is 63. The van der Waals surface area contributed by atoms with Crippen molar-refractivity contribution in [2.75, 3.05) is 26.4 Å². The van der Waals surface area contributed by atoms with E-state index < -0.39 is 124 Å². The van der Waals surface area contributed by atoms with Crippen LogP contribution in [0.4, 0.5) is 0 Å². The van der Waals surface area contributed by atoms with Crippen molar-refractivity contribution < 1.29 is 89.4 Å². The number of aliphatic hydroxyl groups is 11. The molecule has 3 rings (SSSR count). The van der Waals surface area contributed by atoms with Gasteiger partial charge in [0.25, 0.3) is 0 Å². The molecule has 3 aliphatic heterocycles. The normalized spacial score (nSPS) is 27.0. The smallest absolute Gasteiger partial charge is 0.220 e. The Labute approximate surface area is 587 Å². The maximum absolute atomic E-state index is 13.5. The lowest BCUT2D eigenvalue weighted by Crippen LogP contribution is -2.66. The molecule has 17 unspecified atom stereocenters. The predicted octanol–water partition coefficient (Wildman–Crippen LogP) is 12.7. The van der Waals surface area contributed by atoms with Crippen LogP contribution in [-0.2, 0) is 33.2 Å². The van der Waals surface area contributed by atoms with Crippen LogP contribution in [-0.4, -0.2) is 193 Å². The average molecular weight is 1390 g/mol. The lowest BCUT2D eigenvalue weighted by atomic mass is 9.96. The molecule has 1 amide bonds. The van der Waals surface area contributed by atoms with E-state index in [1.54, 1.807) is 6.08 Å². The van der Waals surface area contributed by atoms with Gasteiger partial charge in [-0.25, -0.2) is 0 Å². The summed E-state index contributed by atoms with van der Waals surface area (Å²) in [5.41, 5.74) is 0. The van der Waals surface area contributed by atoms with Crippen LogP contribution in [0, 0.1) is 0 Å². The molecule has 0 radical (unpaired) electrons. The Morgan fingerprint density at radius 3 is 1.03 bits per heavy atom. The van der Waals surface area contributed by atoms with Crippen LogP contribution in [0.25, 0.3) is 0 Å². The Morgan fingerprint density at radius 2 is 0.660 bits per heavy atom. The van der Waals surface area contributed by atoms with E-state index in [0.717, 1.165) is 44.9 Å². The fourth-order valence-electron chi connectivity index (χ4n) is 13.5. The summed E-state index contributed by atoms with van der Waals surface area (Å²) in [7, 11) is 0. The zero-order valence-electron chi connectivity index (χ0n) is 60.8. The van der Waals surface area contributed by atoms with Gasteiger partial charge in [-0.3, -0.25) is 4.79 Å². The number of carbonyl (C=O) groups is 1. The quantitative estimate of drug-likeness (QED) is 0.0199. The van der Waals surface area contributed by atoms with Crippen molar-refractivity contribution in [1.29, 1.82) is 0 Å². The summed E-state index contributed by atoms with van der Waals surface area (Å²) in [6.07, 6.45) is 45.8. The Bertz CT molecular complexity index is 1900. The lowest BCUT2D eigenvalue weighted by molar-refractivity contribution is -0.379. The molecule has 3 fully saturated rings. The van der Waals surface area contributed by atoms with Crippen molar-refractivity contribution in [3.05, 3.63) is 36.5 Å². The van der Waals surface area contributed by atoms with Crippen LogP contribution in [0.3, 0.4) is 0 Å². The summed E-state index contributed by atoms with van der Waals surface area (Å²) in [6, 6.07) is -0.995. The number of carbonyl (C=O) groups excluding carboxylic acids is 1. The zero-order chi connectivity index (χ0) is 70.4. The fourth-order valence-corrected chi connectivity index (χ4v) is 13.5. The average Bonchev–Trinajstić information content (AvgIpc) is 0.790. The monoisotopic (exact) mass is 1380 g/mol. The Balaban J connectivity index is 1.37. The minimum Gasteiger partial charge on any atom is -0.394 e. The van der Waals surface area contributed by atoms with Crippen molar-refractivity contribution >= 4 is 5.91 Å². The van der Waals surface area contributed by atoms with E-state index in [2.05, 4.69) is 43.5 Å². The third kappa shape index (κ3) is 40.0. The van der Waals surface area contributed by atoms with Crippen LogP contribution < -0.4 is 5.32 Å². The maximum atomic E-state index is 13.5. The molecule has 3 saturated heterocycles. The second-order valence-electron chi connectivity index (χ2n) is 28.5. The van der Waals surface area contributed by atoms with E-state index in [9.17, 15) is 61.0 Å². The topological polar surface area (TPSA) is 307 Å². The van der Waals surface area contributed by atoms with Gasteiger partial charge in [-0.15, -0.1) is 0 Å². The largest absolute Gasteiger partial charge is 0.394 e. The summed E-state index contributed by atoms with van der Waals surface area (Å²) in [5.74, 6) is -0.283. The van der Waals surface area contributed by atoms with Gasteiger partial charge in [0.05, 0.1) is 38.6 Å². The second-order valence-corrected chi connectivity index (χ2v) is 28.5. The van der Waals surface area contributed by atoms with Crippen molar-refractivity contribution in [3.63, 3.8) is 0 Å². The van der Waals surface area contributed by atoms with E-state index >= 15 is 0 Å². The molecule has 0 spiro atoms. The van der Waals surface area contributed by atoms with Crippen LogP contribution in [0.15, 0.2) is 36.5 Å². The first-order valence-corrected chi connectivity index (χ1v) is 39.7. The molecule has 12 N–H and O–H groups in total. The van der Waals surface area contributed by atoms with E-state index in [1.165, 1.54) is 244 Å². The minimum atomic E-state index is -1.98.